The Morgan fingerprint density at radius 2 is 1.29 bits per heavy atom. The lowest BCUT2D eigenvalue weighted by molar-refractivity contribution is 0.0482. The summed E-state index contributed by atoms with van der Waals surface area (Å²) >= 11 is 0. The number of rotatable bonds is 11. The lowest BCUT2D eigenvalue weighted by Crippen LogP contribution is -2.42. The zero-order chi connectivity index (χ0) is 13.1. The molecular formula is C15H33NO. The monoisotopic (exact) mass is 243 g/mol. The third kappa shape index (κ3) is 10.8. The van der Waals surface area contributed by atoms with E-state index in [-0.39, 0.29) is 6.04 Å². The minimum Gasteiger partial charge on any atom is -0.389 e. The fraction of sp³-hybridized carbons (Fsp3) is 1.00. The summed E-state index contributed by atoms with van der Waals surface area (Å²) < 4.78 is 0. The summed E-state index contributed by atoms with van der Waals surface area (Å²) in [5.41, 5.74) is 5.17. The molecule has 1 unspecified atom stereocenters. The fourth-order valence-corrected chi connectivity index (χ4v) is 2.03. The molecule has 0 rings (SSSR count). The zero-order valence-electron chi connectivity index (χ0n) is 12.2. The van der Waals surface area contributed by atoms with E-state index in [4.69, 9.17) is 5.73 Å². The molecule has 0 radical (unpaired) electrons. The predicted octanol–water partition coefficient (Wildman–Crippen LogP) is 4.01. The second-order valence-corrected chi connectivity index (χ2v) is 5.88. The maximum Gasteiger partial charge on any atom is 0.0741 e. The van der Waals surface area contributed by atoms with E-state index in [1.165, 1.54) is 51.4 Å². The van der Waals surface area contributed by atoms with Crippen molar-refractivity contribution in [1.82, 2.24) is 0 Å². The number of nitrogens with two attached hydrogens (primary N) is 1. The van der Waals surface area contributed by atoms with Crippen molar-refractivity contribution >= 4 is 0 Å². The summed E-state index contributed by atoms with van der Waals surface area (Å²) in [6.07, 6.45) is 13.0. The van der Waals surface area contributed by atoms with Crippen molar-refractivity contribution in [2.75, 3.05) is 0 Å². The lowest BCUT2D eigenvalue weighted by atomic mass is 9.94. The molecular weight excluding hydrogens is 210 g/mol. The molecule has 0 bridgehead atoms. The topological polar surface area (TPSA) is 46.2 Å². The molecule has 0 amide bonds. The maximum absolute atomic E-state index is 9.68. The van der Waals surface area contributed by atoms with E-state index in [0.717, 1.165) is 12.8 Å². The number of unbranched alkanes of at least 4 members (excludes halogenated alkanes) is 8. The molecule has 0 aromatic rings. The van der Waals surface area contributed by atoms with Gasteiger partial charge in [-0.05, 0) is 20.3 Å². The molecule has 0 saturated carbocycles. The highest BCUT2D eigenvalue weighted by Crippen LogP contribution is 2.15. The van der Waals surface area contributed by atoms with Gasteiger partial charge in [0, 0.05) is 6.04 Å². The second-order valence-electron chi connectivity index (χ2n) is 5.88. The summed E-state index contributed by atoms with van der Waals surface area (Å²) in [4.78, 5) is 0. The standard InChI is InChI=1S/C15H33NO/c1-4-5-6-7-8-9-10-11-12-13-14(16)15(2,3)17/h14,17H,4-13,16H2,1-3H3. The van der Waals surface area contributed by atoms with Gasteiger partial charge < -0.3 is 10.8 Å². The molecule has 2 heteroatoms. The Kier molecular flexibility index (Phi) is 9.85. The quantitative estimate of drug-likeness (QED) is 0.539. The van der Waals surface area contributed by atoms with E-state index < -0.39 is 5.60 Å². The lowest BCUT2D eigenvalue weighted by Gasteiger charge is -2.25. The maximum atomic E-state index is 9.68. The van der Waals surface area contributed by atoms with Gasteiger partial charge in [0.2, 0.25) is 0 Å². The van der Waals surface area contributed by atoms with Crippen molar-refractivity contribution in [2.45, 2.75) is 96.6 Å². The van der Waals surface area contributed by atoms with Gasteiger partial charge in [0.15, 0.2) is 0 Å². The Labute approximate surface area is 108 Å². The van der Waals surface area contributed by atoms with Crippen molar-refractivity contribution in [3.05, 3.63) is 0 Å². The van der Waals surface area contributed by atoms with Crippen LogP contribution in [-0.2, 0) is 0 Å². The van der Waals surface area contributed by atoms with Crippen LogP contribution in [0.1, 0.15) is 85.0 Å². The Morgan fingerprint density at radius 1 is 0.882 bits per heavy atom. The molecule has 0 heterocycles. The molecule has 0 aromatic heterocycles. The molecule has 0 aliphatic carbocycles. The van der Waals surface area contributed by atoms with Crippen LogP contribution in [0.4, 0.5) is 0 Å². The van der Waals surface area contributed by atoms with Crippen molar-refractivity contribution in [3.63, 3.8) is 0 Å². The molecule has 0 saturated heterocycles. The van der Waals surface area contributed by atoms with Crippen LogP contribution in [0.2, 0.25) is 0 Å². The van der Waals surface area contributed by atoms with E-state index >= 15 is 0 Å². The summed E-state index contributed by atoms with van der Waals surface area (Å²) in [7, 11) is 0. The van der Waals surface area contributed by atoms with Crippen LogP contribution >= 0.6 is 0 Å². The summed E-state index contributed by atoms with van der Waals surface area (Å²) in [5, 5.41) is 9.68. The SMILES string of the molecule is CCCCCCCCCCCC(N)C(C)(C)O. The van der Waals surface area contributed by atoms with E-state index in [1.807, 2.05) is 0 Å². The van der Waals surface area contributed by atoms with Gasteiger partial charge in [-0.1, -0.05) is 64.7 Å². The summed E-state index contributed by atoms with van der Waals surface area (Å²) in [5.74, 6) is 0. The molecule has 1 atom stereocenters. The van der Waals surface area contributed by atoms with E-state index in [0.29, 0.717) is 0 Å². The van der Waals surface area contributed by atoms with Crippen molar-refractivity contribution in [2.24, 2.45) is 5.73 Å². The van der Waals surface area contributed by atoms with Crippen molar-refractivity contribution in [1.29, 1.82) is 0 Å². The van der Waals surface area contributed by atoms with E-state index in [2.05, 4.69) is 6.92 Å². The molecule has 2 nitrogen and oxygen atoms in total. The van der Waals surface area contributed by atoms with Crippen LogP contribution in [0, 0.1) is 0 Å². The highest BCUT2D eigenvalue weighted by molar-refractivity contribution is 4.79. The summed E-state index contributed by atoms with van der Waals surface area (Å²) in [6, 6.07) is -0.0768. The highest BCUT2D eigenvalue weighted by atomic mass is 16.3. The van der Waals surface area contributed by atoms with Crippen LogP contribution in [0.15, 0.2) is 0 Å². The minimum absolute atomic E-state index is 0.0768. The van der Waals surface area contributed by atoms with Crippen LogP contribution < -0.4 is 5.73 Å². The Morgan fingerprint density at radius 3 is 1.71 bits per heavy atom. The Hall–Kier alpha value is -0.0800. The molecule has 0 fully saturated rings. The average Bonchev–Trinajstić information content (AvgIpc) is 2.25. The smallest absolute Gasteiger partial charge is 0.0741 e. The van der Waals surface area contributed by atoms with Gasteiger partial charge in [0.05, 0.1) is 5.60 Å². The Bertz CT molecular complexity index is 163. The molecule has 104 valence electrons. The van der Waals surface area contributed by atoms with Gasteiger partial charge >= 0.3 is 0 Å². The molecule has 0 aliphatic rings. The first-order valence-electron chi connectivity index (χ1n) is 7.46. The van der Waals surface area contributed by atoms with Crippen LogP contribution in [0.3, 0.4) is 0 Å². The summed E-state index contributed by atoms with van der Waals surface area (Å²) in [6.45, 7) is 5.85. The van der Waals surface area contributed by atoms with E-state index in [9.17, 15) is 5.11 Å². The molecule has 0 spiro atoms. The largest absolute Gasteiger partial charge is 0.389 e. The molecule has 3 N–H and O–H groups in total. The second kappa shape index (κ2) is 9.90. The van der Waals surface area contributed by atoms with E-state index in [1.54, 1.807) is 13.8 Å². The average molecular weight is 243 g/mol. The van der Waals surface area contributed by atoms with Gasteiger partial charge in [-0.3, -0.25) is 0 Å². The number of hydrogen-bond donors (Lipinski definition) is 2. The van der Waals surface area contributed by atoms with Crippen LogP contribution in [-0.4, -0.2) is 16.7 Å². The van der Waals surface area contributed by atoms with Gasteiger partial charge in [-0.25, -0.2) is 0 Å². The molecule has 0 aliphatic heterocycles. The Balaban J connectivity index is 3.19. The van der Waals surface area contributed by atoms with Crippen LogP contribution in [0.5, 0.6) is 0 Å². The number of hydrogen-bond acceptors (Lipinski definition) is 2. The predicted molar refractivity (Wildman–Crippen MR) is 76.1 cm³/mol. The van der Waals surface area contributed by atoms with Gasteiger partial charge in [-0.15, -0.1) is 0 Å². The fourth-order valence-electron chi connectivity index (χ4n) is 2.03. The van der Waals surface area contributed by atoms with Crippen molar-refractivity contribution in [3.8, 4) is 0 Å². The van der Waals surface area contributed by atoms with Gasteiger partial charge in [-0.2, -0.15) is 0 Å². The molecule has 0 aromatic carbocycles. The first-order chi connectivity index (χ1) is 7.98. The molecule has 17 heavy (non-hydrogen) atoms. The van der Waals surface area contributed by atoms with Gasteiger partial charge in [0.1, 0.15) is 0 Å². The van der Waals surface area contributed by atoms with Crippen LogP contribution in [0.25, 0.3) is 0 Å². The minimum atomic E-state index is -0.722. The third-order valence-electron chi connectivity index (χ3n) is 3.53. The number of aliphatic hydroxyl groups is 1. The third-order valence-corrected chi connectivity index (χ3v) is 3.53. The first kappa shape index (κ1) is 16.9. The van der Waals surface area contributed by atoms with Crippen molar-refractivity contribution < 1.29 is 5.11 Å². The first-order valence-corrected chi connectivity index (χ1v) is 7.46. The highest BCUT2D eigenvalue weighted by Gasteiger charge is 2.21. The normalized spacial score (nSPS) is 13.9. The zero-order valence-corrected chi connectivity index (χ0v) is 12.2. The van der Waals surface area contributed by atoms with Gasteiger partial charge in [0.25, 0.3) is 0 Å².